The van der Waals surface area contributed by atoms with Crippen molar-refractivity contribution < 1.29 is 22.3 Å². The van der Waals surface area contributed by atoms with Crippen molar-refractivity contribution in [3.63, 3.8) is 0 Å². The Hall–Kier alpha value is -1.73. The standard InChI is InChI=1S/C22H25NO5S/c1-10-11(2)16-9-15(10)19-12-7-17(20(16)19)18(8-12)29(26,27)28-23-21(24)13-5-3-4-6-14(13)22(23)25/h3-6,10-12,15-20H,7-9H2,1-2H3. The molecule has 0 spiro atoms. The second-order valence-electron chi connectivity index (χ2n) is 9.89. The van der Waals surface area contributed by atoms with E-state index in [1.54, 1.807) is 12.1 Å². The molecule has 1 aromatic carbocycles. The van der Waals surface area contributed by atoms with Crippen LogP contribution in [0.25, 0.3) is 0 Å². The van der Waals surface area contributed by atoms with Crippen LogP contribution in [0.4, 0.5) is 0 Å². The molecule has 5 aliphatic rings. The SMILES string of the molecule is CC1C(C)C2CC1C1C3CC(C21)C(S(=O)(=O)ON1C(=O)c2ccccc2C1=O)C3. The van der Waals surface area contributed by atoms with E-state index < -0.39 is 27.2 Å². The van der Waals surface area contributed by atoms with Crippen molar-refractivity contribution in [1.82, 2.24) is 5.06 Å². The average molecular weight is 416 g/mol. The van der Waals surface area contributed by atoms with Gasteiger partial charge in [0, 0.05) is 0 Å². The summed E-state index contributed by atoms with van der Waals surface area (Å²) in [5, 5.41) is -0.158. The molecule has 2 amide bonds. The molecule has 0 saturated heterocycles. The van der Waals surface area contributed by atoms with Crippen LogP contribution in [0.3, 0.4) is 0 Å². The number of hydroxylamine groups is 2. The van der Waals surface area contributed by atoms with Crippen molar-refractivity contribution in [3.05, 3.63) is 35.4 Å². The van der Waals surface area contributed by atoms with Gasteiger partial charge in [0.2, 0.25) is 0 Å². The molecule has 4 aliphatic carbocycles. The maximum absolute atomic E-state index is 13.2. The zero-order valence-corrected chi connectivity index (χ0v) is 17.3. The van der Waals surface area contributed by atoms with E-state index in [1.807, 2.05) is 0 Å². The maximum atomic E-state index is 13.2. The van der Waals surface area contributed by atoms with Crippen LogP contribution in [0.15, 0.2) is 24.3 Å². The predicted molar refractivity (Wildman–Crippen MR) is 104 cm³/mol. The van der Waals surface area contributed by atoms with Crippen molar-refractivity contribution in [2.24, 2.45) is 47.3 Å². The van der Waals surface area contributed by atoms with Crippen LogP contribution in [-0.2, 0) is 14.4 Å². The smallest absolute Gasteiger partial charge is 0.266 e. The van der Waals surface area contributed by atoms with Gasteiger partial charge in [0.05, 0.1) is 16.4 Å². The molecule has 6 rings (SSSR count). The summed E-state index contributed by atoms with van der Waals surface area (Å²) in [4.78, 5) is 25.1. The Morgan fingerprint density at radius 3 is 2.07 bits per heavy atom. The summed E-state index contributed by atoms with van der Waals surface area (Å²) in [6.07, 6.45) is 2.77. The van der Waals surface area contributed by atoms with Crippen LogP contribution in [0, 0.1) is 47.3 Å². The Kier molecular flexibility index (Phi) is 3.55. The highest BCUT2D eigenvalue weighted by Crippen LogP contribution is 2.70. The van der Waals surface area contributed by atoms with Crippen molar-refractivity contribution in [3.8, 4) is 0 Å². The van der Waals surface area contributed by atoms with Crippen molar-refractivity contribution >= 4 is 21.9 Å². The largest absolute Gasteiger partial charge is 0.291 e. The predicted octanol–water partition coefficient (Wildman–Crippen LogP) is 3.11. The minimum atomic E-state index is -4.06. The molecule has 0 N–H and O–H groups in total. The Balaban J connectivity index is 1.26. The van der Waals surface area contributed by atoms with Gasteiger partial charge in [-0.15, -0.1) is 9.35 Å². The van der Waals surface area contributed by atoms with Gasteiger partial charge in [-0.05, 0) is 78.7 Å². The van der Waals surface area contributed by atoms with Gasteiger partial charge in [0.25, 0.3) is 21.9 Å². The van der Waals surface area contributed by atoms with E-state index in [0.29, 0.717) is 41.1 Å². The molecule has 1 aromatic rings. The van der Waals surface area contributed by atoms with Gasteiger partial charge in [0.1, 0.15) is 0 Å². The van der Waals surface area contributed by atoms with Gasteiger partial charge in [-0.25, -0.2) is 0 Å². The summed E-state index contributed by atoms with van der Waals surface area (Å²) in [6.45, 7) is 4.67. The van der Waals surface area contributed by atoms with E-state index in [-0.39, 0.29) is 17.0 Å². The second-order valence-corrected chi connectivity index (χ2v) is 11.6. The fourth-order valence-corrected chi connectivity index (χ4v) is 9.55. The fraction of sp³-hybridized carbons (Fsp3) is 0.636. The first-order chi connectivity index (χ1) is 13.8. The van der Waals surface area contributed by atoms with Gasteiger partial charge in [-0.3, -0.25) is 9.59 Å². The molecule has 4 fully saturated rings. The lowest BCUT2D eigenvalue weighted by Gasteiger charge is -2.43. The number of fused-ring (bicyclic) bond motifs is 10. The molecule has 29 heavy (non-hydrogen) atoms. The Bertz CT molecular complexity index is 1000. The summed E-state index contributed by atoms with van der Waals surface area (Å²) < 4.78 is 31.6. The zero-order chi connectivity index (χ0) is 20.2. The number of hydrogen-bond acceptors (Lipinski definition) is 5. The van der Waals surface area contributed by atoms with E-state index in [4.69, 9.17) is 4.28 Å². The van der Waals surface area contributed by atoms with Crippen LogP contribution >= 0.6 is 0 Å². The summed E-state index contributed by atoms with van der Waals surface area (Å²) in [5.41, 5.74) is 0.383. The number of carbonyl (C=O) groups excluding carboxylic acids is 2. The number of hydrogen-bond donors (Lipinski definition) is 0. The number of amides is 2. The number of rotatable bonds is 3. The van der Waals surface area contributed by atoms with Gasteiger partial charge >= 0.3 is 0 Å². The number of benzene rings is 1. The van der Waals surface area contributed by atoms with E-state index in [1.165, 1.54) is 18.6 Å². The Morgan fingerprint density at radius 2 is 1.45 bits per heavy atom. The second kappa shape index (κ2) is 5.70. The third-order valence-corrected chi connectivity index (χ3v) is 10.7. The number of carbonyl (C=O) groups is 2. The molecule has 4 bridgehead atoms. The number of nitrogens with zero attached hydrogens (tertiary/aromatic N) is 1. The minimum absolute atomic E-state index is 0.0927. The normalized spacial score (nSPS) is 44.6. The van der Waals surface area contributed by atoms with Crippen molar-refractivity contribution in [2.45, 2.75) is 38.4 Å². The summed E-state index contributed by atoms with van der Waals surface area (Å²) in [5.74, 6) is 2.94. The van der Waals surface area contributed by atoms with E-state index in [9.17, 15) is 18.0 Å². The molecular formula is C22H25NO5S. The molecule has 4 saturated carbocycles. The van der Waals surface area contributed by atoms with E-state index in [2.05, 4.69) is 13.8 Å². The molecule has 9 unspecified atom stereocenters. The molecule has 1 heterocycles. The van der Waals surface area contributed by atoms with Crippen LogP contribution in [0.2, 0.25) is 0 Å². The van der Waals surface area contributed by atoms with Crippen LogP contribution in [-0.4, -0.2) is 30.5 Å². The van der Waals surface area contributed by atoms with Gasteiger partial charge in [-0.1, -0.05) is 26.0 Å². The molecule has 9 atom stereocenters. The molecule has 1 aliphatic heterocycles. The summed E-state index contributed by atoms with van der Waals surface area (Å²) in [6, 6.07) is 6.34. The molecular weight excluding hydrogens is 390 g/mol. The van der Waals surface area contributed by atoms with Crippen LogP contribution in [0.1, 0.15) is 53.8 Å². The van der Waals surface area contributed by atoms with Gasteiger partial charge < -0.3 is 0 Å². The molecule has 6 nitrogen and oxygen atoms in total. The van der Waals surface area contributed by atoms with E-state index in [0.717, 1.165) is 18.3 Å². The topological polar surface area (TPSA) is 80.8 Å². The highest BCUT2D eigenvalue weighted by Gasteiger charge is 2.67. The highest BCUT2D eigenvalue weighted by atomic mass is 32.2. The monoisotopic (exact) mass is 415 g/mol. The zero-order valence-electron chi connectivity index (χ0n) is 16.5. The first kappa shape index (κ1) is 18.1. The van der Waals surface area contributed by atoms with Gasteiger partial charge in [0.15, 0.2) is 0 Å². The highest BCUT2D eigenvalue weighted by molar-refractivity contribution is 7.87. The first-order valence-electron chi connectivity index (χ1n) is 10.7. The fourth-order valence-electron chi connectivity index (χ4n) is 7.89. The average Bonchev–Trinajstić information content (AvgIpc) is 3.47. The first-order valence-corrected chi connectivity index (χ1v) is 12.2. The van der Waals surface area contributed by atoms with Crippen molar-refractivity contribution in [2.75, 3.05) is 0 Å². The Labute approximate surface area is 170 Å². The number of imide groups is 1. The lowest BCUT2D eigenvalue weighted by molar-refractivity contribution is -0.0129. The molecule has 0 aromatic heterocycles. The third-order valence-electron chi connectivity index (χ3n) is 9.09. The van der Waals surface area contributed by atoms with E-state index >= 15 is 0 Å². The summed E-state index contributed by atoms with van der Waals surface area (Å²) in [7, 11) is -4.06. The molecule has 154 valence electrons. The quantitative estimate of drug-likeness (QED) is 0.560. The summed E-state index contributed by atoms with van der Waals surface area (Å²) >= 11 is 0. The van der Waals surface area contributed by atoms with Crippen molar-refractivity contribution in [1.29, 1.82) is 0 Å². The lowest BCUT2D eigenvalue weighted by Crippen LogP contribution is -2.45. The molecule has 0 radical (unpaired) electrons. The van der Waals surface area contributed by atoms with Gasteiger partial charge in [-0.2, -0.15) is 8.42 Å². The maximum Gasteiger partial charge on any atom is 0.291 e. The Morgan fingerprint density at radius 1 is 0.862 bits per heavy atom. The lowest BCUT2D eigenvalue weighted by atomic mass is 9.64. The van der Waals surface area contributed by atoms with Crippen LogP contribution in [0.5, 0.6) is 0 Å². The molecule has 7 heteroatoms. The minimum Gasteiger partial charge on any atom is -0.266 e. The third kappa shape index (κ3) is 2.18. The van der Waals surface area contributed by atoms with Crippen LogP contribution < -0.4 is 0 Å².